The van der Waals surface area contributed by atoms with Crippen molar-refractivity contribution in [2.45, 2.75) is 0 Å². The SMILES string of the molecule is N#C/C(N)=C(\C#N)N=C(c1ccccc1)c1ccc2ccccc2c1. The van der Waals surface area contributed by atoms with Gasteiger partial charge in [0, 0.05) is 11.1 Å². The molecule has 4 heteroatoms. The van der Waals surface area contributed by atoms with Crippen LogP contribution in [0.25, 0.3) is 10.8 Å². The van der Waals surface area contributed by atoms with Crippen molar-refractivity contribution >= 4 is 16.5 Å². The lowest BCUT2D eigenvalue weighted by molar-refractivity contribution is 1.26. The fourth-order valence-corrected chi connectivity index (χ4v) is 2.54. The minimum atomic E-state index is -0.197. The Morgan fingerprint density at radius 3 is 2.12 bits per heavy atom. The van der Waals surface area contributed by atoms with Gasteiger partial charge in [-0.05, 0) is 16.8 Å². The number of nitrogens with zero attached hydrogens (tertiary/aromatic N) is 3. The predicted octanol–water partition coefficient (Wildman–Crippen LogP) is 3.89. The standard InChI is InChI=1S/C21H14N4/c22-13-19(24)20(14-23)25-21(16-7-2-1-3-8-16)18-11-10-15-6-4-5-9-17(15)12-18/h1-12H,24H2/b20-19-,25-21?. The van der Waals surface area contributed by atoms with Crippen molar-refractivity contribution in [3.63, 3.8) is 0 Å². The van der Waals surface area contributed by atoms with Crippen LogP contribution in [0.2, 0.25) is 0 Å². The van der Waals surface area contributed by atoms with Gasteiger partial charge < -0.3 is 5.73 Å². The van der Waals surface area contributed by atoms with E-state index in [1.165, 1.54) is 0 Å². The first-order valence-electron chi connectivity index (χ1n) is 7.66. The summed E-state index contributed by atoms with van der Waals surface area (Å²) in [4.78, 5) is 4.40. The zero-order valence-electron chi connectivity index (χ0n) is 13.3. The average Bonchev–Trinajstić information content (AvgIpc) is 2.68. The molecule has 25 heavy (non-hydrogen) atoms. The van der Waals surface area contributed by atoms with Crippen LogP contribution in [0.4, 0.5) is 0 Å². The van der Waals surface area contributed by atoms with Crippen LogP contribution < -0.4 is 5.73 Å². The molecule has 0 aliphatic carbocycles. The van der Waals surface area contributed by atoms with Gasteiger partial charge >= 0.3 is 0 Å². The third-order valence-corrected chi connectivity index (χ3v) is 3.78. The lowest BCUT2D eigenvalue weighted by atomic mass is 9.99. The molecule has 3 aromatic carbocycles. The maximum atomic E-state index is 9.30. The van der Waals surface area contributed by atoms with Crippen LogP contribution >= 0.6 is 0 Å². The molecular formula is C21H14N4. The van der Waals surface area contributed by atoms with Crippen LogP contribution in [0.5, 0.6) is 0 Å². The number of rotatable bonds is 3. The second kappa shape index (κ2) is 7.12. The number of nitrogens with two attached hydrogens (primary N) is 1. The van der Waals surface area contributed by atoms with Gasteiger partial charge in [0.2, 0.25) is 0 Å². The number of nitriles is 2. The lowest BCUT2D eigenvalue weighted by Gasteiger charge is -2.09. The van der Waals surface area contributed by atoms with Gasteiger partial charge in [0.25, 0.3) is 0 Å². The van der Waals surface area contributed by atoms with Crippen LogP contribution in [0.1, 0.15) is 11.1 Å². The smallest absolute Gasteiger partial charge is 0.175 e. The molecule has 0 atom stereocenters. The maximum absolute atomic E-state index is 9.30. The summed E-state index contributed by atoms with van der Waals surface area (Å²) in [5.41, 5.74) is 7.62. The monoisotopic (exact) mass is 322 g/mol. The molecule has 0 aliphatic heterocycles. The Kier molecular flexibility index (Phi) is 4.55. The first kappa shape index (κ1) is 16.0. The Bertz CT molecular complexity index is 1060. The molecule has 0 saturated carbocycles. The number of aliphatic imine (C=N–C) groups is 1. The molecule has 0 aromatic heterocycles. The molecular weight excluding hydrogens is 308 g/mol. The fraction of sp³-hybridized carbons (Fsp3) is 0. The third kappa shape index (κ3) is 3.39. The maximum Gasteiger partial charge on any atom is 0.175 e. The number of fused-ring (bicyclic) bond motifs is 1. The second-order valence-corrected chi connectivity index (χ2v) is 5.37. The van der Waals surface area contributed by atoms with E-state index in [9.17, 15) is 5.26 Å². The van der Waals surface area contributed by atoms with Gasteiger partial charge in [0.05, 0.1) is 5.71 Å². The van der Waals surface area contributed by atoms with Crippen LogP contribution in [-0.2, 0) is 0 Å². The zero-order chi connectivity index (χ0) is 17.6. The van der Waals surface area contributed by atoms with Gasteiger partial charge in [0.15, 0.2) is 5.70 Å². The molecule has 0 radical (unpaired) electrons. The van der Waals surface area contributed by atoms with E-state index < -0.39 is 0 Å². The Balaban J connectivity index is 2.24. The molecule has 0 fully saturated rings. The Hall–Kier alpha value is -3.89. The minimum absolute atomic E-state index is 0.0884. The summed E-state index contributed by atoms with van der Waals surface area (Å²) in [5, 5.41) is 20.5. The van der Waals surface area contributed by atoms with E-state index in [1.807, 2.05) is 78.9 Å². The van der Waals surface area contributed by atoms with E-state index in [0.29, 0.717) is 5.71 Å². The molecule has 3 aromatic rings. The molecule has 3 rings (SSSR count). The summed E-state index contributed by atoms with van der Waals surface area (Å²) in [7, 11) is 0. The van der Waals surface area contributed by atoms with E-state index in [-0.39, 0.29) is 11.4 Å². The molecule has 0 aliphatic rings. The van der Waals surface area contributed by atoms with Crippen molar-refractivity contribution in [3.8, 4) is 12.1 Å². The highest BCUT2D eigenvalue weighted by Crippen LogP contribution is 2.20. The molecule has 118 valence electrons. The van der Waals surface area contributed by atoms with Gasteiger partial charge in [-0.1, -0.05) is 66.7 Å². The quantitative estimate of drug-likeness (QED) is 0.586. The largest absolute Gasteiger partial charge is 0.388 e. The van der Waals surface area contributed by atoms with Gasteiger partial charge in [-0.15, -0.1) is 0 Å². The Morgan fingerprint density at radius 1 is 0.760 bits per heavy atom. The van der Waals surface area contributed by atoms with Crippen LogP contribution in [0, 0.1) is 22.7 Å². The summed E-state index contributed by atoms with van der Waals surface area (Å²) in [5.74, 6) is 0. The van der Waals surface area contributed by atoms with Crippen molar-refractivity contribution in [1.82, 2.24) is 0 Å². The highest BCUT2D eigenvalue weighted by atomic mass is 14.8. The topological polar surface area (TPSA) is 86.0 Å². The van der Waals surface area contributed by atoms with Gasteiger partial charge in [-0.2, -0.15) is 10.5 Å². The summed E-state index contributed by atoms with van der Waals surface area (Å²) in [6.45, 7) is 0. The number of allylic oxidation sites excluding steroid dienone is 2. The van der Waals surface area contributed by atoms with E-state index >= 15 is 0 Å². The molecule has 0 bridgehead atoms. The highest BCUT2D eigenvalue weighted by Gasteiger charge is 2.10. The molecule has 0 spiro atoms. The van der Waals surface area contributed by atoms with Crippen LogP contribution in [0.15, 0.2) is 89.2 Å². The van der Waals surface area contributed by atoms with Gasteiger partial charge in [-0.3, -0.25) is 0 Å². The van der Waals surface area contributed by atoms with Crippen molar-refractivity contribution in [1.29, 1.82) is 10.5 Å². The van der Waals surface area contributed by atoms with Crippen molar-refractivity contribution in [3.05, 3.63) is 95.3 Å². The summed E-state index contributed by atoms with van der Waals surface area (Å²) < 4.78 is 0. The molecule has 0 saturated heterocycles. The van der Waals surface area contributed by atoms with Crippen molar-refractivity contribution in [2.24, 2.45) is 10.7 Å². The third-order valence-electron chi connectivity index (χ3n) is 3.78. The summed E-state index contributed by atoms with van der Waals surface area (Å²) >= 11 is 0. The number of benzene rings is 3. The highest BCUT2D eigenvalue weighted by molar-refractivity contribution is 6.14. The molecule has 0 amide bonds. The Labute approximate surface area is 145 Å². The Morgan fingerprint density at radius 2 is 1.44 bits per heavy atom. The average molecular weight is 322 g/mol. The second-order valence-electron chi connectivity index (χ2n) is 5.37. The minimum Gasteiger partial charge on any atom is -0.388 e. The van der Waals surface area contributed by atoms with Crippen LogP contribution in [-0.4, -0.2) is 5.71 Å². The first-order chi connectivity index (χ1) is 12.2. The fourth-order valence-electron chi connectivity index (χ4n) is 2.54. The molecule has 2 N–H and O–H groups in total. The number of hydrogen-bond donors (Lipinski definition) is 1. The van der Waals surface area contributed by atoms with E-state index in [1.54, 1.807) is 6.07 Å². The molecule has 0 heterocycles. The van der Waals surface area contributed by atoms with Gasteiger partial charge in [0.1, 0.15) is 17.8 Å². The molecule has 4 nitrogen and oxygen atoms in total. The van der Waals surface area contributed by atoms with Gasteiger partial charge in [-0.25, -0.2) is 4.99 Å². The zero-order valence-corrected chi connectivity index (χ0v) is 13.3. The molecule has 0 unspecified atom stereocenters. The normalized spacial score (nSPS) is 12.2. The van der Waals surface area contributed by atoms with Crippen molar-refractivity contribution in [2.75, 3.05) is 0 Å². The van der Waals surface area contributed by atoms with E-state index in [0.717, 1.165) is 21.9 Å². The predicted molar refractivity (Wildman–Crippen MR) is 98.5 cm³/mol. The van der Waals surface area contributed by atoms with E-state index in [4.69, 9.17) is 11.0 Å². The lowest BCUT2D eigenvalue weighted by Crippen LogP contribution is -2.06. The van der Waals surface area contributed by atoms with Crippen molar-refractivity contribution < 1.29 is 0 Å². The first-order valence-corrected chi connectivity index (χ1v) is 7.66. The van der Waals surface area contributed by atoms with E-state index in [2.05, 4.69) is 4.99 Å². The number of hydrogen-bond acceptors (Lipinski definition) is 4. The summed E-state index contributed by atoms with van der Waals surface area (Å²) in [6.07, 6.45) is 0. The van der Waals surface area contributed by atoms with Crippen LogP contribution in [0.3, 0.4) is 0 Å². The summed E-state index contributed by atoms with van der Waals surface area (Å²) in [6, 6.07) is 27.2.